The molecule has 1 amide bonds. The van der Waals surface area contributed by atoms with Gasteiger partial charge >= 0.3 is 0 Å². The molecule has 0 saturated heterocycles. The van der Waals surface area contributed by atoms with Gasteiger partial charge in [-0.15, -0.1) is 0 Å². The highest BCUT2D eigenvalue weighted by Crippen LogP contribution is 2.31. The fourth-order valence-electron chi connectivity index (χ4n) is 1.55. The highest BCUT2D eigenvalue weighted by atomic mass is 79.9. The minimum atomic E-state index is -0.648. The minimum Gasteiger partial charge on any atom is -0.325 e. The number of aryl methyl sites for hydroxylation is 1. The quantitative estimate of drug-likeness (QED) is 0.886. The molecule has 0 heterocycles. The second kappa shape index (κ2) is 5.63. The molecule has 0 aliphatic carbocycles. The van der Waals surface area contributed by atoms with Crippen LogP contribution < -0.4 is 11.1 Å². The lowest BCUT2D eigenvalue weighted by Gasteiger charge is -2.37. The summed E-state index contributed by atoms with van der Waals surface area (Å²) in [5.41, 5.74) is 6.82. The fraction of sp³-hybridized carbons (Fsp3) is 0.533. The Hall–Kier alpha value is -0.870. The van der Waals surface area contributed by atoms with Gasteiger partial charge in [-0.1, -0.05) is 22.9 Å². The van der Waals surface area contributed by atoms with E-state index in [0.29, 0.717) is 0 Å². The molecule has 0 aromatic heterocycles. The molecular formula is C15H23BrN2O. The highest BCUT2D eigenvalue weighted by molar-refractivity contribution is 9.10. The van der Waals surface area contributed by atoms with E-state index in [1.807, 2.05) is 45.9 Å². The number of amides is 1. The molecule has 0 aliphatic heterocycles. The van der Waals surface area contributed by atoms with Gasteiger partial charge in [-0.2, -0.15) is 0 Å². The van der Waals surface area contributed by atoms with Crippen molar-refractivity contribution in [3.8, 4) is 0 Å². The van der Waals surface area contributed by atoms with Gasteiger partial charge in [-0.25, -0.2) is 0 Å². The zero-order chi connectivity index (χ0) is 14.8. The number of hydrogen-bond donors (Lipinski definition) is 2. The summed E-state index contributed by atoms with van der Waals surface area (Å²) in [5, 5.41) is 3.00. The number of rotatable bonds is 4. The lowest BCUT2D eigenvalue weighted by atomic mass is 9.74. The van der Waals surface area contributed by atoms with Crippen LogP contribution in [-0.2, 0) is 11.2 Å². The van der Waals surface area contributed by atoms with Gasteiger partial charge in [0.1, 0.15) is 0 Å². The third kappa shape index (κ3) is 3.57. The predicted molar refractivity (Wildman–Crippen MR) is 84.2 cm³/mol. The van der Waals surface area contributed by atoms with E-state index in [1.165, 1.54) is 0 Å². The monoisotopic (exact) mass is 326 g/mol. The number of nitrogens with two attached hydrogens (primary N) is 1. The number of hydrogen-bond acceptors (Lipinski definition) is 2. The Labute approximate surface area is 124 Å². The summed E-state index contributed by atoms with van der Waals surface area (Å²) in [6.45, 7) is 9.54. The maximum absolute atomic E-state index is 12.4. The van der Waals surface area contributed by atoms with Gasteiger partial charge in [-0.3, -0.25) is 4.79 Å². The summed E-state index contributed by atoms with van der Waals surface area (Å²) in [7, 11) is 0. The first-order chi connectivity index (χ1) is 8.59. The van der Waals surface area contributed by atoms with E-state index in [4.69, 9.17) is 5.73 Å². The van der Waals surface area contributed by atoms with Crippen LogP contribution in [0.3, 0.4) is 0 Å². The number of anilines is 1. The van der Waals surface area contributed by atoms with E-state index in [9.17, 15) is 4.79 Å². The van der Waals surface area contributed by atoms with Crippen molar-refractivity contribution in [1.82, 2.24) is 0 Å². The maximum atomic E-state index is 12.4. The smallest absolute Gasteiger partial charge is 0.231 e. The van der Waals surface area contributed by atoms with E-state index < -0.39 is 11.0 Å². The van der Waals surface area contributed by atoms with Crippen LogP contribution in [0.1, 0.15) is 40.2 Å². The fourth-order valence-corrected chi connectivity index (χ4v) is 1.96. The van der Waals surface area contributed by atoms with Gasteiger partial charge in [0.05, 0.1) is 5.41 Å². The molecule has 1 aromatic rings. The average molecular weight is 327 g/mol. The van der Waals surface area contributed by atoms with Crippen LogP contribution in [0.5, 0.6) is 0 Å². The molecule has 0 radical (unpaired) electrons. The van der Waals surface area contributed by atoms with Crippen molar-refractivity contribution in [3.63, 3.8) is 0 Å². The van der Waals surface area contributed by atoms with Crippen molar-refractivity contribution in [3.05, 3.63) is 28.2 Å². The molecule has 0 aliphatic rings. The van der Waals surface area contributed by atoms with Gasteiger partial charge in [0.15, 0.2) is 0 Å². The molecule has 0 unspecified atom stereocenters. The third-order valence-electron chi connectivity index (χ3n) is 3.87. The molecule has 0 bridgehead atoms. The zero-order valence-electron chi connectivity index (χ0n) is 12.3. The van der Waals surface area contributed by atoms with E-state index in [0.717, 1.165) is 22.1 Å². The van der Waals surface area contributed by atoms with Crippen molar-refractivity contribution < 1.29 is 4.79 Å². The van der Waals surface area contributed by atoms with Crippen LogP contribution in [0, 0.1) is 5.41 Å². The molecule has 19 heavy (non-hydrogen) atoms. The topological polar surface area (TPSA) is 55.1 Å². The molecule has 106 valence electrons. The molecule has 0 saturated carbocycles. The summed E-state index contributed by atoms with van der Waals surface area (Å²) in [5.74, 6) is -0.0583. The SMILES string of the molecule is CCc1cc(Br)ccc1NC(=O)C(C)(C)C(C)(C)N. The maximum Gasteiger partial charge on any atom is 0.231 e. The first-order valence-corrected chi connectivity index (χ1v) is 7.27. The molecule has 3 N–H and O–H groups in total. The molecule has 0 fully saturated rings. The first-order valence-electron chi connectivity index (χ1n) is 6.48. The van der Waals surface area contributed by atoms with Gasteiger partial charge in [0.2, 0.25) is 5.91 Å². The van der Waals surface area contributed by atoms with Crippen LogP contribution in [0.2, 0.25) is 0 Å². The van der Waals surface area contributed by atoms with Gasteiger partial charge < -0.3 is 11.1 Å². The lowest BCUT2D eigenvalue weighted by Crippen LogP contribution is -2.53. The zero-order valence-corrected chi connectivity index (χ0v) is 13.9. The van der Waals surface area contributed by atoms with Gasteiger partial charge in [0.25, 0.3) is 0 Å². The second-order valence-electron chi connectivity index (χ2n) is 5.96. The molecular weight excluding hydrogens is 304 g/mol. The Bertz CT molecular complexity index is 476. The van der Waals surface area contributed by atoms with Crippen molar-refractivity contribution in [1.29, 1.82) is 0 Å². The Balaban J connectivity index is 3.01. The molecule has 0 spiro atoms. The Morgan fingerprint density at radius 2 is 1.89 bits per heavy atom. The normalized spacial score (nSPS) is 12.4. The molecule has 3 nitrogen and oxygen atoms in total. The Morgan fingerprint density at radius 1 is 1.32 bits per heavy atom. The summed E-state index contributed by atoms with van der Waals surface area (Å²) < 4.78 is 1.01. The average Bonchev–Trinajstić information content (AvgIpc) is 2.29. The van der Waals surface area contributed by atoms with Crippen molar-refractivity contribution in [2.75, 3.05) is 5.32 Å². The minimum absolute atomic E-state index is 0.0583. The Morgan fingerprint density at radius 3 is 2.37 bits per heavy atom. The lowest BCUT2D eigenvalue weighted by molar-refractivity contribution is -0.126. The standard InChI is InChI=1S/C15H23BrN2O/c1-6-10-9-11(16)7-8-12(10)18-13(19)14(2,3)15(4,5)17/h7-9H,6,17H2,1-5H3,(H,18,19). The molecule has 1 aromatic carbocycles. The Kier molecular flexibility index (Phi) is 4.80. The van der Waals surface area contributed by atoms with Crippen molar-refractivity contribution >= 4 is 27.5 Å². The second-order valence-corrected chi connectivity index (χ2v) is 6.87. The third-order valence-corrected chi connectivity index (χ3v) is 4.37. The number of benzene rings is 1. The molecule has 4 heteroatoms. The largest absolute Gasteiger partial charge is 0.325 e. The van der Waals surface area contributed by atoms with Crippen molar-refractivity contribution in [2.24, 2.45) is 11.1 Å². The predicted octanol–water partition coefficient (Wildman–Crippen LogP) is 3.71. The number of carbonyl (C=O) groups excluding carboxylic acids is 1. The molecule has 0 atom stereocenters. The summed E-state index contributed by atoms with van der Waals surface area (Å²) >= 11 is 3.44. The van der Waals surface area contributed by atoms with Crippen LogP contribution in [0.4, 0.5) is 5.69 Å². The highest BCUT2D eigenvalue weighted by Gasteiger charge is 2.40. The number of nitrogens with one attached hydrogen (secondary N) is 1. The van der Waals surface area contributed by atoms with Crippen LogP contribution in [-0.4, -0.2) is 11.4 Å². The van der Waals surface area contributed by atoms with Crippen LogP contribution in [0.25, 0.3) is 0 Å². The van der Waals surface area contributed by atoms with E-state index in [2.05, 4.69) is 28.2 Å². The first kappa shape index (κ1) is 16.2. The summed E-state index contributed by atoms with van der Waals surface area (Å²) in [6.07, 6.45) is 0.863. The van der Waals surface area contributed by atoms with Crippen LogP contribution in [0.15, 0.2) is 22.7 Å². The number of carbonyl (C=O) groups is 1. The van der Waals surface area contributed by atoms with Gasteiger partial charge in [0, 0.05) is 15.7 Å². The van der Waals surface area contributed by atoms with Crippen LogP contribution >= 0.6 is 15.9 Å². The summed E-state index contributed by atoms with van der Waals surface area (Å²) in [4.78, 5) is 12.4. The summed E-state index contributed by atoms with van der Waals surface area (Å²) in [6, 6.07) is 5.87. The van der Waals surface area contributed by atoms with Gasteiger partial charge in [-0.05, 0) is 57.9 Å². The van der Waals surface area contributed by atoms with E-state index in [1.54, 1.807) is 0 Å². The van der Waals surface area contributed by atoms with Crippen molar-refractivity contribution in [2.45, 2.75) is 46.6 Å². The van der Waals surface area contributed by atoms with E-state index in [-0.39, 0.29) is 5.91 Å². The number of halogens is 1. The van der Waals surface area contributed by atoms with E-state index >= 15 is 0 Å². The molecule has 1 rings (SSSR count).